The number of fused-ring (bicyclic) bond motifs is 1. The van der Waals surface area contributed by atoms with Crippen molar-refractivity contribution in [1.29, 1.82) is 0 Å². The molecule has 1 heterocycles. The van der Waals surface area contributed by atoms with Crippen LogP contribution in [0.4, 0.5) is 5.69 Å². The number of halogens is 1. The minimum atomic E-state index is -0.431. The molecule has 0 saturated heterocycles. The van der Waals surface area contributed by atoms with E-state index in [4.69, 9.17) is 4.74 Å². The lowest BCUT2D eigenvalue weighted by atomic mass is 10.2. The lowest BCUT2D eigenvalue weighted by molar-refractivity contribution is -0.384. The number of methoxy groups -OCH3 is 1. The number of rotatable bonds is 3. The summed E-state index contributed by atoms with van der Waals surface area (Å²) in [6, 6.07) is 10.1. The molecule has 7 heteroatoms. The molecule has 21 heavy (non-hydrogen) atoms. The smallest absolute Gasteiger partial charge is 0.271 e. The Labute approximate surface area is 128 Å². The number of nitrogens with zero attached hydrogens (tertiary/aromatic N) is 2. The number of nitrogens with one attached hydrogen (secondary N) is 1. The third-order valence-electron chi connectivity index (χ3n) is 3.09. The monoisotopic (exact) mass is 347 g/mol. The molecule has 0 aliphatic rings. The molecular weight excluding hydrogens is 338 g/mol. The van der Waals surface area contributed by atoms with E-state index < -0.39 is 4.92 Å². The zero-order valence-electron chi connectivity index (χ0n) is 11.0. The molecule has 0 amide bonds. The van der Waals surface area contributed by atoms with Crippen molar-refractivity contribution in [2.75, 3.05) is 7.11 Å². The van der Waals surface area contributed by atoms with Gasteiger partial charge in [-0.2, -0.15) is 0 Å². The summed E-state index contributed by atoms with van der Waals surface area (Å²) in [5, 5.41) is 10.8. The van der Waals surface area contributed by atoms with Gasteiger partial charge in [0.2, 0.25) is 0 Å². The molecule has 0 saturated carbocycles. The van der Waals surface area contributed by atoms with Crippen LogP contribution in [0.1, 0.15) is 0 Å². The molecule has 2 aromatic carbocycles. The Balaban J connectivity index is 2.17. The SMILES string of the molecule is COc1ccc(Br)cc1-c1nc2ccc([N+](=O)[O-])cc2[nH]1. The first-order valence-corrected chi connectivity index (χ1v) is 6.86. The Morgan fingerprint density at radius 3 is 2.81 bits per heavy atom. The van der Waals surface area contributed by atoms with Gasteiger partial charge in [0.25, 0.3) is 5.69 Å². The highest BCUT2D eigenvalue weighted by molar-refractivity contribution is 9.10. The topological polar surface area (TPSA) is 81.1 Å². The molecule has 0 fully saturated rings. The van der Waals surface area contributed by atoms with Gasteiger partial charge in [-0.3, -0.25) is 10.1 Å². The van der Waals surface area contributed by atoms with Gasteiger partial charge in [0.15, 0.2) is 0 Å². The van der Waals surface area contributed by atoms with E-state index in [1.54, 1.807) is 13.2 Å². The fourth-order valence-corrected chi connectivity index (χ4v) is 2.47. The van der Waals surface area contributed by atoms with Crippen LogP contribution in [0.25, 0.3) is 22.4 Å². The van der Waals surface area contributed by atoms with Gasteiger partial charge in [-0.25, -0.2) is 4.98 Å². The number of benzene rings is 2. The number of nitro groups is 1. The van der Waals surface area contributed by atoms with E-state index in [-0.39, 0.29) is 5.69 Å². The molecule has 1 N–H and O–H groups in total. The number of non-ortho nitro benzene ring substituents is 1. The number of aromatic amines is 1. The number of aromatic nitrogens is 2. The number of hydrogen-bond acceptors (Lipinski definition) is 4. The van der Waals surface area contributed by atoms with Gasteiger partial charge in [0, 0.05) is 16.6 Å². The third-order valence-corrected chi connectivity index (χ3v) is 3.59. The van der Waals surface area contributed by atoms with Gasteiger partial charge < -0.3 is 9.72 Å². The van der Waals surface area contributed by atoms with E-state index in [1.165, 1.54) is 12.1 Å². The Hall–Kier alpha value is -2.41. The van der Waals surface area contributed by atoms with Gasteiger partial charge in [-0.05, 0) is 24.3 Å². The molecule has 0 radical (unpaired) electrons. The minimum Gasteiger partial charge on any atom is -0.496 e. The average molecular weight is 348 g/mol. The van der Waals surface area contributed by atoms with E-state index in [2.05, 4.69) is 25.9 Å². The zero-order valence-corrected chi connectivity index (χ0v) is 12.5. The first-order valence-electron chi connectivity index (χ1n) is 6.06. The van der Waals surface area contributed by atoms with Crippen LogP contribution in [0.3, 0.4) is 0 Å². The Morgan fingerprint density at radius 2 is 2.10 bits per heavy atom. The quantitative estimate of drug-likeness (QED) is 0.575. The van der Waals surface area contributed by atoms with E-state index in [0.29, 0.717) is 22.6 Å². The molecule has 3 rings (SSSR count). The summed E-state index contributed by atoms with van der Waals surface area (Å²) in [6.45, 7) is 0. The Bertz CT molecular complexity index is 845. The van der Waals surface area contributed by atoms with Crippen molar-refractivity contribution in [3.8, 4) is 17.1 Å². The van der Waals surface area contributed by atoms with Crippen LogP contribution in [0.5, 0.6) is 5.75 Å². The fourth-order valence-electron chi connectivity index (χ4n) is 2.10. The number of nitro benzene ring substituents is 1. The fraction of sp³-hybridized carbons (Fsp3) is 0.0714. The molecule has 106 valence electrons. The van der Waals surface area contributed by atoms with Crippen molar-refractivity contribution < 1.29 is 9.66 Å². The first-order chi connectivity index (χ1) is 10.1. The van der Waals surface area contributed by atoms with E-state index >= 15 is 0 Å². The summed E-state index contributed by atoms with van der Waals surface area (Å²) in [7, 11) is 1.58. The lowest BCUT2D eigenvalue weighted by Gasteiger charge is -2.06. The largest absolute Gasteiger partial charge is 0.496 e. The minimum absolute atomic E-state index is 0.0268. The van der Waals surface area contributed by atoms with Crippen molar-refractivity contribution in [3.63, 3.8) is 0 Å². The van der Waals surface area contributed by atoms with Gasteiger partial charge >= 0.3 is 0 Å². The zero-order chi connectivity index (χ0) is 15.0. The van der Waals surface area contributed by atoms with E-state index in [9.17, 15) is 10.1 Å². The molecule has 3 aromatic rings. The maximum atomic E-state index is 10.8. The van der Waals surface area contributed by atoms with Crippen LogP contribution in [-0.4, -0.2) is 22.0 Å². The molecule has 0 aliphatic heterocycles. The van der Waals surface area contributed by atoms with Crippen LogP contribution < -0.4 is 4.74 Å². The van der Waals surface area contributed by atoms with Crippen molar-refractivity contribution in [2.45, 2.75) is 0 Å². The predicted octanol–water partition coefficient (Wildman–Crippen LogP) is 3.91. The van der Waals surface area contributed by atoms with Crippen molar-refractivity contribution in [2.24, 2.45) is 0 Å². The van der Waals surface area contributed by atoms with E-state index in [1.807, 2.05) is 18.2 Å². The number of H-pyrrole nitrogens is 1. The average Bonchev–Trinajstić information content (AvgIpc) is 2.89. The molecule has 1 aromatic heterocycles. The van der Waals surface area contributed by atoms with Crippen LogP contribution in [0, 0.1) is 10.1 Å². The Kier molecular flexibility index (Phi) is 3.34. The molecule has 0 atom stereocenters. The Morgan fingerprint density at radius 1 is 1.29 bits per heavy atom. The summed E-state index contributed by atoms with van der Waals surface area (Å²) in [5.41, 5.74) is 2.09. The van der Waals surface area contributed by atoms with Gasteiger partial charge in [0.05, 0.1) is 28.6 Å². The normalized spacial score (nSPS) is 10.8. The first kappa shape index (κ1) is 13.6. The summed E-state index contributed by atoms with van der Waals surface area (Å²) in [4.78, 5) is 17.9. The van der Waals surface area contributed by atoms with Crippen LogP contribution in [-0.2, 0) is 0 Å². The summed E-state index contributed by atoms with van der Waals surface area (Å²) < 4.78 is 6.22. The number of hydrogen-bond donors (Lipinski definition) is 1. The van der Waals surface area contributed by atoms with Crippen molar-refractivity contribution >= 4 is 32.7 Å². The third kappa shape index (κ3) is 2.47. The second-order valence-corrected chi connectivity index (χ2v) is 5.30. The second-order valence-electron chi connectivity index (χ2n) is 4.39. The predicted molar refractivity (Wildman–Crippen MR) is 82.4 cm³/mol. The van der Waals surface area contributed by atoms with Crippen LogP contribution in [0.15, 0.2) is 40.9 Å². The standard InChI is InChI=1S/C14H10BrN3O3/c1-21-13-5-2-8(15)6-10(13)14-16-11-4-3-9(18(19)20)7-12(11)17-14/h2-7H,1H3,(H,16,17). The summed E-state index contributed by atoms with van der Waals surface area (Å²) in [5.74, 6) is 1.27. The van der Waals surface area contributed by atoms with Gasteiger partial charge in [0.1, 0.15) is 11.6 Å². The molecule has 0 unspecified atom stereocenters. The molecule has 0 aliphatic carbocycles. The van der Waals surface area contributed by atoms with Crippen LogP contribution >= 0.6 is 15.9 Å². The van der Waals surface area contributed by atoms with Crippen LogP contribution in [0.2, 0.25) is 0 Å². The summed E-state index contributed by atoms with van der Waals surface area (Å²) >= 11 is 3.41. The molecular formula is C14H10BrN3O3. The highest BCUT2D eigenvalue weighted by atomic mass is 79.9. The van der Waals surface area contributed by atoms with E-state index in [0.717, 1.165) is 10.0 Å². The molecule has 0 spiro atoms. The number of ether oxygens (including phenoxy) is 1. The van der Waals surface area contributed by atoms with Crippen molar-refractivity contribution in [1.82, 2.24) is 9.97 Å². The maximum Gasteiger partial charge on any atom is 0.271 e. The van der Waals surface area contributed by atoms with Gasteiger partial charge in [-0.1, -0.05) is 15.9 Å². The number of imidazole rings is 1. The maximum absolute atomic E-state index is 10.8. The van der Waals surface area contributed by atoms with Crippen molar-refractivity contribution in [3.05, 3.63) is 51.0 Å². The van der Waals surface area contributed by atoms with Gasteiger partial charge in [-0.15, -0.1) is 0 Å². The highest BCUT2D eigenvalue weighted by Gasteiger charge is 2.13. The highest BCUT2D eigenvalue weighted by Crippen LogP contribution is 2.32. The second kappa shape index (κ2) is 5.17. The lowest BCUT2D eigenvalue weighted by Crippen LogP contribution is -1.89. The summed E-state index contributed by atoms with van der Waals surface area (Å²) in [6.07, 6.45) is 0. The molecule has 0 bridgehead atoms. The molecule has 6 nitrogen and oxygen atoms in total.